The average molecular weight is 213 g/mol. The van der Waals surface area contributed by atoms with Crippen molar-refractivity contribution in [1.29, 1.82) is 5.26 Å². The van der Waals surface area contributed by atoms with Gasteiger partial charge in [0.15, 0.2) is 0 Å². The van der Waals surface area contributed by atoms with Crippen molar-refractivity contribution in [2.24, 2.45) is 0 Å². The molecule has 1 atom stereocenters. The molecule has 0 radical (unpaired) electrons. The SMILES string of the molecule is CCCNC(=O)CC(C#N)NCCOC. The highest BCUT2D eigenvalue weighted by Crippen LogP contribution is 1.90. The van der Waals surface area contributed by atoms with E-state index in [0.717, 1.165) is 6.42 Å². The minimum Gasteiger partial charge on any atom is -0.383 e. The number of carbonyl (C=O) groups is 1. The number of carbonyl (C=O) groups excluding carboxylic acids is 1. The standard InChI is InChI=1S/C10H19N3O2/c1-3-4-13-10(14)7-9(8-11)12-5-6-15-2/h9,12H,3-7H2,1-2H3,(H,13,14). The Morgan fingerprint density at radius 3 is 2.80 bits per heavy atom. The van der Waals surface area contributed by atoms with Crippen LogP contribution < -0.4 is 10.6 Å². The largest absolute Gasteiger partial charge is 0.383 e. The van der Waals surface area contributed by atoms with Crippen molar-refractivity contribution in [3.8, 4) is 6.07 Å². The second kappa shape index (κ2) is 9.44. The van der Waals surface area contributed by atoms with Gasteiger partial charge in [-0.1, -0.05) is 6.92 Å². The van der Waals surface area contributed by atoms with Gasteiger partial charge in [-0.05, 0) is 6.42 Å². The van der Waals surface area contributed by atoms with E-state index in [1.165, 1.54) is 0 Å². The van der Waals surface area contributed by atoms with E-state index in [1.54, 1.807) is 7.11 Å². The molecule has 1 amide bonds. The van der Waals surface area contributed by atoms with Crippen molar-refractivity contribution in [2.75, 3.05) is 26.8 Å². The molecule has 0 saturated carbocycles. The molecule has 2 N–H and O–H groups in total. The summed E-state index contributed by atoms with van der Waals surface area (Å²) in [5, 5.41) is 14.4. The first-order valence-corrected chi connectivity index (χ1v) is 5.13. The average Bonchev–Trinajstić information content (AvgIpc) is 2.25. The number of hydrogen-bond acceptors (Lipinski definition) is 4. The van der Waals surface area contributed by atoms with Gasteiger partial charge in [0.25, 0.3) is 0 Å². The number of nitrogens with zero attached hydrogens (tertiary/aromatic N) is 1. The van der Waals surface area contributed by atoms with E-state index in [-0.39, 0.29) is 12.3 Å². The Hall–Kier alpha value is -1.12. The fraction of sp³-hybridized carbons (Fsp3) is 0.800. The molecule has 0 aromatic heterocycles. The Kier molecular flexibility index (Phi) is 8.73. The number of amides is 1. The molecule has 0 saturated heterocycles. The number of hydrogen-bond donors (Lipinski definition) is 2. The first kappa shape index (κ1) is 13.9. The zero-order chi connectivity index (χ0) is 11.5. The second-order valence-electron chi connectivity index (χ2n) is 3.18. The Morgan fingerprint density at radius 1 is 1.53 bits per heavy atom. The highest BCUT2D eigenvalue weighted by atomic mass is 16.5. The van der Waals surface area contributed by atoms with Crippen molar-refractivity contribution in [3.63, 3.8) is 0 Å². The van der Waals surface area contributed by atoms with Gasteiger partial charge in [-0.2, -0.15) is 5.26 Å². The van der Waals surface area contributed by atoms with E-state index >= 15 is 0 Å². The molecule has 0 heterocycles. The lowest BCUT2D eigenvalue weighted by Crippen LogP contribution is -2.36. The number of nitrogens with one attached hydrogen (secondary N) is 2. The minimum absolute atomic E-state index is 0.0895. The molecule has 1 unspecified atom stereocenters. The minimum atomic E-state index is -0.433. The third-order valence-electron chi connectivity index (χ3n) is 1.81. The lowest BCUT2D eigenvalue weighted by atomic mass is 10.2. The van der Waals surface area contributed by atoms with Crippen LogP contribution in [0.5, 0.6) is 0 Å². The third-order valence-corrected chi connectivity index (χ3v) is 1.81. The maximum atomic E-state index is 11.3. The van der Waals surface area contributed by atoms with E-state index in [1.807, 2.05) is 13.0 Å². The third kappa shape index (κ3) is 7.91. The summed E-state index contributed by atoms with van der Waals surface area (Å²) < 4.78 is 4.83. The Bertz CT molecular complexity index is 213. The molecule has 0 aliphatic rings. The van der Waals surface area contributed by atoms with Gasteiger partial charge in [0.2, 0.25) is 5.91 Å². The van der Waals surface area contributed by atoms with Crippen LogP contribution in [0, 0.1) is 11.3 Å². The molecular weight excluding hydrogens is 194 g/mol. The van der Waals surface area contributed by atoms with E-state index < -0.39 is 6.04 Å². The van der Waals surface area contributed by atoms with Gasteiger partial charge in [-0.3, -0.25) is 10.1 Å². The van der Waals surface area contributed by atoms with Crippen LogP contribution in [-0.4, -0.2) is 38.8 Å². The zero-order valence-corrected chi connectivity index (χ0v) is 9.38. The molecule has 0 aromatic carbocycles. The van der Waals surface area contributed by atoms with E-state index in [0.29, 0.717) is 19.7 Å². The Labute approximate surface area is 90.8 Å². The number of methoxy groups -OCH3 is 1. The quantitative estimate of drug-likeness (QED) is 0.558. The van der Waals surface area contributed by atoms with Gasteiger partial charge in [0.05, 0.1) is 19.1 Å². The number of ether oxygens (including phenoxy) is 1. The molecule has 0 fully saturated rings. The molecule has 0 rings (SSSR count). The second-order valence-corrected chi connectivity index (χ2v) is 3.18. The molecule has 0 aromatic rings. The highest BCUT2D eigenvalue weighted by molar-refractivity contribution is 5.76. The van der Waals surface area contributed by atoms with Crippen molar-refractivity contribution in [2.45, 2.75) is 25.8 Å². The first-order chi connectivity index (χ1) is 7.24. The summed E-state index contributed by atoms with van der Waals surface area (Å²) in [6.07, 6.45) is 1.10. The van der Waals surface area contributed by atoms with Crippen molar-refractivity contribution >= 4 is 5.91 Å². The maximum Gasteiger partial charge on any atom is 0.222 e. The fourth-order valence-corrected chi connectivity index (χ4v) is 1.02. The molecule has 5 nitrogen and oxygen atoms in total. The molecular formula is C10H19N3O2. The van der Waals surface area contributed by atoms with Gasteiger partial charge >= 0.3 is 0 Å². The van der Waals surface area contributed by atoms with Crippen LogP contribution in [0.3, 0.4) is 0 Å². The van der Waals surface area contributed by atoms with Gasteiger partial charge in [-0.25, -0.2) is 0 Å². The van der Waals surface area contributed by atoms with Crippen LogP contribution >= 0.6 is 0 Å². The van der Waals surface area contributed by atoms with Gasteiger partial charge in [0.1, 0.15) is 6.04 Å². The van der Waals surface area contributed by atoms with Gasteiger partial charge in [-0.15, -0.1) is 0 Å². The summed E-state index contributed by atoms with van der Waals surface area (Å²) in [4.78, 5) is 11.3. The molecule has 0 spiro atoms. The highest BCUT2D eigenvalue weighted by Gasteiger charge is 2.11. The summed E-state index contributed by atoms with van der Waals surface area (Å²) >= 11 is 0. The van der Waals surface area contributed by atoms with Crippen LogP contribution in [0.1, 0.15) is 19.8 Å². The molecule has 5 heteroatoms. The van der Waals surface area contributed by atoms with E-state index in [9.17, 15) is 4.79 Å². The fourth-order valence-electron chi connectivity index (χ4n) is 1.02. The van der Waals surface area contributed by atoms with E-state index in [4.69, 9.17) is 10.00 Å². The molecule has 86 valence electrons. The lowest BCUT2D eigenvalue weighted by Gasteiger charge is -2.10. The van der Waals surface area contributed by atoms with Crippen LogP contribution in [0.25, 0.3) is 0 Å². The predicted molar refractivity (Wildman–Crippen MR) is 57.2 cm³/mol. The van der Waals surface area contributed by atoms with Crippen LogP contribution in [-0.2, 0) is 9.53 Å². The van der Waals surface area contributed by atoms with Crippen LogP contribution in [0.2, 0.25) is 0 Å². The lowest BCUT2D eigenvalue weighted by molar-refractivity contribution is -0.121. The number of rotatable bonds is 8. The van der Waals surface area contributed by atoms with Crippen molar-refractivity contribution < 1.29 is 9.53 Å². The maximum absolute atomic E-state index is 11.3. The molecule has 0 aliphatic heterocycles. The van der Waals surface area contributed by atoms with Crippen LogP contribution in [0.15, 0.2) is 0 Å². The topological polar surface area (TPSA) is 74.2 Å². The Morgan fingerprint density at radius 2 is 2.27 bits per heavy atom. The summed E-state index contributed by atoms with van der Waals surface area (Å²) in [5.41, 5.74) is 0. The summed E-state index contributed by atoms with van der Waals surface area (Å²) in [6.45, 7) is 3.76. The summed E-state index contributed by atoms with van der Waals surface area (Å²) in [6, 6.07) is 1.61. The Balaban J connectivity index is 3.69. The van der Waals surface area contributed by atoms with Gasteiger partial charge < -0.3 is 10.1 Å². The molecule has 15 heavy (non-hydrogen) atoms. The number of nitriles is 1. The predicted octanol–water partition coefficient (Wildman–Crippen LogP) is 0.0309. The first-order valence-electron chi connectivity index (χ1n) is 5.13. The summed E-state index contributed by atoms with van der Waals surface area (Å²) in [5.74, 6) is -0.0895. The van der Waals surface area contributed by atoms with Gasteiger partial charge in [0, 0.05) is 20.2 Å². The smallest absolute Gasteiger partial charge is 0.222 e. The normalized spacial score (nSPS) is 11.8. The molecule has 0 aliphatic carbocycles. The van der Waals surface area contributed by atoms with Crippen molar-refractivity contribution in [1.82, 2.24) is 10.6 Å². The monoisotopic (exact) mass is 213 g/mol. The van der Waals surface area contributed by atoms with E-state index in [2.05, 4.69) is 10.6 Å². The zero-order valence-electron chi connectivity index (χ0n) is 9.38. The van der Waals surface area contributed by atoms with Crippen LogP contribution in [0.4, 0.5) is 0 Å². The molecule has 0 bridgehead atoms. The van der Waals surface area contributed by atoms with Crippen molar-refractivity contribution in [3.05, 3.63) is 0 Å². The summed E-state index contributed by atoms with van der Waals surface area (Å²) in [7, 11) is 1.59.